The summed E-state index contributed by atoms with van der Waals surface area (Å²) in [4.78, 5) is 16.5. The van der Waals surface area contributed by atoms with Crippen LogP contribution < -0.4 is 4.74 Å². The van der Waals surface area contributed by atoms with Gasteiger partial charge in [-0.25, -0.2) is 17.7 Å². The molecule has 0 N–H and O–H groups in total. The van der Waals surface area contributed by atoms with Gasteiger partial charge in [0.15, 0.2) is 5.78 Å². The molecule has 1 aromatic heterocycles. The number of benzene rings is 2. The van der Waals surface area contributed by atoms with Crippen LogP contribution in [0.2, 0.25) is 0 Å². The summed E-state index contributed by atoms with van der Waals surface area (Å²) in [5.41, 5.74) is 1.93. The largest absolute Gasteiger partial charge is 0.485 e. The number of aryl methyl sites for hydroxylation is 1. The van der Waals surface area contributed by atoms with E-state index in [4.69, 9.17) is 4.74 Å². The average molecular weight is 401 g/mol. The molecule has 148 valence electrons. The van der Waals surface area contributed by atoms with E-state index in [9.17, 15) is 13.2 Å². The minimum absolute atomic E-state index is 0.0712. The van der Waals surface area contributed by atoms with Gasteiger partial charge < -0.3 is 9.30 Å². The predicted octanol–water partition coefficient (Wildman–Crippen LogP) is 3.09. The van der Waals surface area contributed by atoms with Crippen LogP contribution in [-0.2, 0) is 23.2 Å². The smallest absolute Gasteiger partial charge is 0.242 e. The van der Waals surface area contributed by atoms with Crippen LogP contribution in [0.15, 0.2) is 47.4 Å². The van der Waals surface area contributed by atoms with E-state index in [1.807, 2.05) is 17.6 Å². The highest BCUT2D eigenvalue weighted by molar-refractivity contribution is 7.89. The van der Waals surface area contributed by atoms with E-state index < -0.39 is 10.0 Å². The first-order valence-corrected chi connectivity index (χ1v) is 10.3. The zero-order chi connectivity index (χ0) is 20.5. The Kier molecular flexibility index (Phi) is 5.53. The number of Topliss-reactive ketones (excluding diaryl/α,β-unsaturated/α-hetero) is 1. The lowest BCUT2D eigenvalue weighted by atomic mass is 10.1. The summed E-state index contributed by atoms with van der Waals surface area (Å²) in [5.74, 6) is 1.09. The molecule has 8 heteroatoms. The second kappa shape index (κ2) is 7.73. The number of para-hydroxylation sites is 1. The number of fused-ring (bicyclic) bond motifs is 1. The number of nitrogens with zero attached hydrogens (tertiary/aromatic N) is 3. The quantitative estimate of drug-likeness (QED) is 0.568. The molecule has 0 spiro atoms. The first-order valence-electron chi connectivity index (χ1n) is 8.90. The number of sulfonamides is 1. The lowest BCUT2D eigenvalue weighted by Gasteiger charge is -2.11. The Bertz CT molecular complexity index is 1130. The van der Waals surface area contributed by atoms with Gasteiger partial charge in [-0.1, -0.05) is 12.1 Å². The Balaban J connectivity index is 1.97. The zero-order valence-corrected chi connectivity index (χ0v) is 17.2. The number of imidazole rings is 1. The zero-order valence-electron chi connectivity index (χ0n) is 16.3. The minimum atomic E-state index is -3.53. The van der Waals surface area contributed by atoms with Crippen molar-refractivity contribution >= 4 is 26.8 Å². The standard InChI is InChI=1S/C20H23N3O4S/c1-5-23-18-11-10-15(28(25,26)22(3)4)12-17(18)21-20(23)13-27-19-9-7-6-8-16(19)14(2)24/h6-12H,5,13H2,1-4H3. The van der Waals surface area contributed by atoms with Crippen LogP contribution >= 0.6 is 0 Å². The number of ether oxygens (including phenoxy) is 1. The van der Waals surface area contributed by atoms with E-state index in [-0.39, 0.29) is 17.3 Å². The first-order chi connectivity index (χ1) is 13.3. The van der Waals surface area contributed by atoms with Gasteiger partial charge >= 0.3 is 0 Å². The third kappa shape index (κ3) is 3.65. The summed E-state index contributed by atoms with van der Waals surface area (Å²) in [6.07, 6.45) is 0. The first kappa shape index (κ1) is 20.0. The van der Waals surface area contributed by atoms with Crippen LogP contribution in [0.25, 0.3) is 11.0 Å². The number of ketones is 1. The number of carbonyl (C=O) groups is 1. The molecule has 0 atom stereocenters. The van der Waals surface area contributed by atoms with Crippen LogP contribution in [0.4, 0.5) is 0 Å². The molecule has 0 aliphatic rings. The summed E-state index contributed by atoms with van der Waals surface area (Å²) in [6, 6.07) is 12.0. The Morgan fingerprint density at radius 3 is 2.54 bits per heavy atom. The van der Waals surface area contributed by atoms with Crippen LogP contribution in [0, 0.1) is 0 Å². The van der Waals surface area contributed by atoms with E-state index in [1.54, 1.807) is 36.4 Å². The fourth-order valence-electron chi connectivity index (χ4n) is 3.02. The van der Waals surface area contributed by atoms with Crippen molar-refractivity contribution in [2.45, 2.75) is 31.9 Å². The number of carbonyl (C=O) groups excluding carboxylic acids is 1. The molecule has 3 rings (SSSR count). The van der Waals surface area contributed by atoms with Crippen molar-refractivity contribution in [1.29, 1.82) is 0 Å². The fourth-order valence-corrected chi connectivity index (χ4v) is 3.94. The van der Waals surface area contributed by atoms with Gasteiger partial charge in [0, 0.05) is 20.6 Å². The van der Waals surface area contributed by atoms with Gasteiger partial charge in [-0.15, -0.1) is 0 Å². The van der Waals surface area contributed by atoms with Crippen molar-refractivity contribution in [1.82, 2.24) is 13.9 Å². The molecular formula is C20H23N3O4S. The Morgan fingerprint density at radius 1 is 1.18 bits per heavy atom. The van der Waals surface area contributed by atoms with Crippen molar-refractivity contribution in [3.8, 4) is 5.75 Å². The second-order valence-electron chi connectivity index (χ2n) is 6.55. The molecule has 2 aromatic carbocycles. The molecule has 0 saturated heterocycles. The van der Waals surface area contributed by atoms with Crippen molar-refractivity contribution < 1.29 is 17.9 Å². The van der Waals surface area contributed by atoms with Crippen molar-refractivity contribution in [3.05, 3.63) is 53.9 Å². The summed E-state index contributed by atoms with van der Waals surface area (Å²) in [5, 5.41) is 0. The highest BCUT2D eigenvalue weighted by Gasteiger charge is 2.20. The van der Waals surface area contributed by atoms with Crippen molar-refractivity contribution in [2.75, 3.05) is 14.1 Å². The maximum absolute atomic E-state index is 12.4. The molecule has 0 aliphatic heterocycles. The lowest BCUT2D eigenvalue weighted by molar-refractivity contribution is 0.101. The molecule has 0 fully saturated rings. The molecule has 0 unspecified atom stereocenters. The summed E-state index contributed by atoms with van der Waals surface area (Å²) < 4.78 is 33.8. The van der Waals surface area contributed by atoms with E-state index >= 15 is 0 Å². The van der Waals surface area contributed by atoms with E-state index in [0.29, 0.717) is 29.2 Å². The normalized spacial score (nSPS) is 11.9. The van der Waals surface area contributed by atoms with Crippen LogP contribution in [0.1, 0.15) is 30.0 Å². The SMILES string of the molecule is CCn1c(COc2ccccc2C(C)=O)nc2cc(S(=O)(=O)N(C)C)ccc21. The number of hydrogen-bond acceptors (Lipinski definition) is 5. The molecule has 0 amide bonds. The van der Waals surface area contributed by atoms with E-state index in [0.717, 1.165) is 5.52 Å². The number of hydrogen-bond donors (Lipinski definition) is 0. The minimum Gasteiger partial charge on any atom is -0.485 e. The van der Waals surface area contributed by atoms with Gasteiger partial charge in [0.2, 0.25) is 10.0 Å². The number of rotatable bonds is 7. The molecule has 0 radical (unpaired) electrons. The van der Waals surface area contributed by atoms with Crippen LogP contribution in [0.5, 0.6) is 5.75 Å². The highest BCUT2D eigenvalue weighted by Crippen LogP contribution is 2.24. The van der Waals surface area contributed by atoms with Gasteiger partial charge in [0.25, 0.3) is 0 Å². The maximum Gasteiger partial charge on any atom is 0.242 e. The van der Waals surface area contributed by atoms with Crippen molar-refractivity contribution in [2.24, 2.45) is 0 Å². The molecular weight excluding hydrogens is 378 g/mol. The average Bonchev–Trinajstić information content (AvgIpc) is 3.02. The Hall–Kier alpha value is -2.71. The highest BCUT2D eigenvalue weighted by atomic mass is 32.2. The third-order valence-corrected chi connectivity index (χ3v) is 6.33. The van der Waals surface area contributed by atoms with Crippen LogP contribution in [0.3, 0.4) is 0 Å². The Labute approximate surface area is 164 Å². The molecule has 7 nitrogen and oxygen atoms in total. The molecule has 0 aliphatic carbocycles. The summed E-state index contributed by atoms with van der Waals surface area (Å²) in [7, 11) is -0.542. The maximum atomic E-state index is 12.4. The molecule has 0 saturated carbocycles. The molecule has 1 heterocycles. The van der Waals surface area contributed by atoms with Gasteiger partial charge in [-0.2, -0.15) is 0 Å². The topological polar surface area (TPSA) is 81.5 Å². The number of aromatic nitrogens is 2. The third-order valence-electron chi connectivity index (χ3n) is 4.52. The molecule has 0 bridgehead atoms. The lowest BCUT2D eigenvalue weighted by Crippen LogP contribution is -2.22. The van der Waals surface area contributed by atoms with Gasteiger partial charge in [0.05, 0.1) is 21.5 Å². The van der Waals surface area contributed by atoms with E-state index in [2.05, 4.69) is 4.98 Å². The summed E-state index contributed by atoms with van der Waals surface area (Å²) in [6.45, 7) is 4.31. The summed E-state index contributed by atoms with van der Waals surface area (Å²) >= 11 is 0. The van der Waals surface area contributed by atoms with Crippen LogP contribution in [-0.4, -0.2) is 42.2 Å². The second-order valence-corrected chi connectivity index (χ2v) is 8.70. The Morgan fingerprint density at radius 2 is 1.89 bits per heavy atom. The van der Waals surface area contributed by atoms with E-state index in [1.165, 1.54) is 25.3 Å². The predicted molar refractivity (Wildman–Crippen MR) is 107 cm³/mol. The van der Waals surface area contributed by atoms with Gasteiger partial charge in [-0.05, 0) is 44.2 Å². The van der Waals surface area contributed by atoms with Crippen molar-refractivity contribution in [3.63, 3.8) is 0 Å². The monoisotopic (exact) mass is 401 g/mol. The molecule has 28 heavy (non-hydrogen) atoms. The van der Waals surface area contributed by atoms with Gasteiger partial charge in [0.1, 0.15) is 18.2 Å². The van der Waals surface area contributed by atoms with Gasteiger partial charge in [-0.3, -0.25) is 4.79 Å². The molecule has 3 aromatic rings. The fraction of sp³-hybridized carbons (Fsp3) is 0.300.